The Bertz CT molecular complexity index is 570. The van der Waals surface area contributed by atoms with Crippen molar-refractivity contribution in [3.05, 3.63) is 16.3 Å². The van der Waals surface area contributed by atoms with Crippen LogP contribution in [0.2, 0.25) is 0 Å². The summed E-state index contributed by atoms with van der Waals surface area (Å²) in [4.78, 5) is 11.0. The van der Waals surface area contributed by atoms with Gasteiger partial charge in [-0.3, -0.25) is 0 Å². The molecule has 3 N–H and O–H groups in total. The molecule has 0 aliphatic heterocycles. The fourth-order valence-corrected chi connectivity index (χ4v) is 2.82. The van der Waals surface area contributed by atoms with Gasteiger partial charge in [0.05, 0.1) is 18.6 Å². The Morgan fingerprint density at radius 1 is 1.26 bits per heavy atom. The van der Waals surface area contributed by atoms with Gasteiger partial charge in [0.1, 0.15) is 11.4 Å². The molecule has 6 nitrogen and oxygen atoms in total. The van der Waals surface area contributed by atoms with Crippen molar-refractivity contribution < 1.29 is 9.47 Å². The van der Waals surface area contributed by atoms with Gasteiger partial charge >= 0.3 is 0 Å². The van der Waals surface area contributed by atoms with E-state index >= 15 is 0 Å². The number of ether oxygens (including phenoxy) is 2. The smallest absolute Gasteiger partial charge is 0.158 e. The summed E-state index contributed by atoms with van der Waals surface area (Å²) in [5, 5.41) is 0.991. The van der Waals surface area contributed by atoms with Crippen LogP contribution in [0.25, 0.3) is 10.2 Å². The molecular weight excluding hydrogens is 264 g/mol. The van der Waals surface area contributed by atoms with Crippen LogP contribution in [0.1, 0.15) is 16.3 Å². The number of nitrogens with two attached hydrogens (primary N) is 1. The van der Waals surface area contributed by atoms with Gasteiger partial charge in [-0.1, -0.05) is 0 Å². The molecule has 0 aliphatic carbocycles. The van der Waals surface area contributed by atoms with Gasteiger partial charge in [0.15, 0.2) is 11.6 Å². The van der Waals surface area contributed by atoms with Crippen LogP contribution in [0, 0.1) is 13.8 Å². The van der Waals surface area contributed by atoms with Gasteiger partial charge < -0.3 is 14.9 Å². The summed E-state index contributed by atoms with van der Waals surface area (Å²) in [5.74, 6) is 6.82. The van der Waals surface area contributed by atoms with Crippen LogP contribution in [0.3, 0.4) is 0 Å². The topological polar surface area (TPSA) is 82.3 Å². The Kier molecular flexibility index (Phi) is 4.65. The van der Waals surface area contributed by atoms with Crippen LogP contribution in [0.5, 0.6) is 0 Å². The molecule has 0 aliphatic rings. The Morgan fingerprint density at radius 2 is 2.05 bits per heavy atom. The first-order chi connectivity index (χ1) is 9.17. The minimum Gasteiger partial charge on any atom is -0.382 e. The van der Waals surface area contributed by atoms with E-state index in [0.717, 1.165) is 10.2 Å². The van der Waals surface area contributed by atoms with E-state index in [1.54, 1.807) is 18.4 Å². The third-order valence-corrected chi connectivity index (χ3v) is 3.98. The Labute approximate surface area is 115 Å². The first kappa shape index (κ1) is 14.1. The first-order valence-corrected chi connectivity index (χ1v) is 6.79. The number of nitrogens with one attached hydrogen (secondary N) is 1. The Morgan fingerprint density at radius 3 is 2.74 bits per heavy atom. The molecule has 19 heavy (non-hydrogen) atoms. The van der Waals surface area contributed by atoms with Gasteiger partial charge in [-0.25, -0.2) is 15.8 Å². The van der Waals surface area contributed by atoms with Crippen molar-refractivity contribution in [3.8, 4) is 0 Å². The predicted octanol–water partition coefficient (Wildman–Crippen LogP) is 1.76. The van der Waals surface area contributed by atoms with E-state index < -0.39 is 0 Å². The van der Waals surface area contributed by atoms with E-state index in [1.165, 1.54) is 10.4 Å². The highest BCUT2D eigenvalue weighted by Gasteiger charge is 2.13. The summed E-state index contributed by atoms with van der Waals surface area (Å²) >= 11 is 1.64. The fraction of sp³-hybridized carbons (Fsp3) is 0.500. The van der Waals surface area contributed by atoms with E-state index in [0.29, 0.717) is 31.5 Å². The number of hydrogen-bond acceptors (Lipinski definition) is 7. The highest BCUT2D eigenvalue weighted by molar-refractivity contribution is 7.18. The van der Waals surface area contributed by atoms with Gasteiger partial charge in [-0.2, -0.15) is 0 Å². The number of methoxy groups -OCH3 is 1. The molecule has 2 aromatic rings. The second-order valence-electron chi connectivity index (χ2n) is 4.14. The molecule has 0 aromatic carbocycles. The first-order valence-electron chi connectivity index (χ1n) is 5.97. The summed E-state index contributed by atoms with van der Waals surface area (Å²) in [5.41, 5.74) is 3.81. The number of rotatable bonds is 6. The normalized spacial score (nSPS) is 11.2. The van der Waals surface area contributed by atoms with Crippen molar-refractivity contribution in [2.24, 2.45) is 5.84 Å². The molecule has 0 saturated carbocycles. The molecule has 0 radical (unpaired) electrons. The number of hydrogen-bond donors (Lipinski definition) is 2. The van der Waals surface area contributed by atoms with Crippen molar-refractivity contribution in [2.45, 2.75) is 20.5 Å². The second kappa shape index (κ2) is 6.25. The lowest BCUT2D eigenvalue weighted by molar-refractivity contribution is 0.0588. The number of anilines is 1. The van der Waals surface area contributed by atoms with Gasteiger partial charge in [0.2, 0.25) is 0 Å². The highest BCUT2D eigenvalue weighted by Crippen LogP contribution is 2.32. The number of aromatic nitrogens is 2. The molecule has 0 spiro atoms. The SMILES string of the molecule is COCCOCc1nc(NN)c2c(C)c(C)sc2n1. The molecule has 0 bridgehead atoms. The molecule has 0 unspecified atom stereocenters. The number of nitrogen functional groups attached to an aromatic ring is 1. The monoisotopic (exact) mass is 282 g/mol. The lowest BCUT2D eigenvalue weighted by Crippen LogP contribution is -2.12. The summed E-state index contributed by atoms with van der Waals surface area (Å²) in [7, 11) is 1.64. The van der Waals surface area contributed by atoms with Crippen molar-refractivity contribution in [1.29, 1.82) is 0 Å². The molecule has 2 heterocycles. The molecule has 0 atom stereocenters. The predicted molar refractivity (Wildman–Crippen MR) is 76.2 cm³/mol. The summed E-state index contributed by atoms with van der Waals surface area (Å²) in [6.45, 7) is 5.54. The zero-order valence-electron chi connectivity index (χ0n) is 11.3. The van der Waals surface area contributed by atoms with Crippen LogP contribution in [0.15, 0.2) is 0 Å². The molecule has 2 aromatic heterocycles. The van der Waals surface area contributed by atoms with E-state index in [4.69, 9.17) is 15.3 Å². The van der Waals surface area contributed by atoms with Crippen LogP contribution in [0.4, 0.5) is 5.82 Å². The molecule has 0 saturated heterocycles. The molecule has 2 rings (SSSR count). The van der Waals surface area contributed by atoms with Gasteiger partial charge in [0.25, 0.3) is 0 Å². The standard InChI is InChI=1S/C12H18N4O2S/c1-7-8(2)19-12-10(7)11(16-13)14-9(15-12)6-18-5-4-17-3/h4-6,13H2,1-3H3,(H,14,15,16). The van der Waals surface area contributed by atoms with Crippen molar-refractivity contribution >= 4 is 27.4 Å². The van der Waals surface area contributed by atoms with Crippen molar-refractivity contribution in [1.82, 2.24) is 9.97 Å². The number of thiophene rings is 1. The maximum absolute atomic E-state index is 5.54. The molecule has 0 fully saturated rings. The summed E-state index contributed by atoms with van der Waals surface area (Å²) in [6.07, 6.45) is 0. The van der Waals surface area contributed by atoms with E-state index in [9.17, 15) is 0 Å². The third-order valence-electron chi connectivity index (χ3n) is 2.87. The maximum atomic E-state index is 5.54. The molecule has 7 heteroatoms. The summed E-state index contributed by atoms with van der Waals surface area (Å²) in [6, 6.07) is 0. The number of hydrazine groups is 1. The average Bonchev–Trinajstić information content (AvgIpc) is 2.69. The van der Waals surface area contributed by atoms with E-state index in [2.05, 4.69) is 22.3 Å². The minimum absolute atomic E-state index is 0.351. The lowest BCUT2D eigenvalue weighted by atomic mass is 10.2. The Hall–Kier alpha value is -1.28. The van der Waals surface area contributed by atoms with Crippen LogP contribution in [-0.4, -0.2) is 30.3 Å². The lowest BCUT2D eigenvalue weighted by Gasteiger charge is -2.06. The van der Waals surface area contributed by atoms with Crippen LogP contribution in [-0.2, 0) is 16.1 Å². The van der Waals surface area contributed by atoms with Crippen molar-refractivity contribution in [2.75, 3.05) is 25.7 Å². The summed E-state index contributed by atoms with van der Waals surface area (Å²) < 4.78 is 10.3. The van der Waals surface area contributed by atoms with Gasteiger partial charge in [0, 0.05) is 12.0 Å². The molecule has 0 amide bonds. The molecule has 104 valence electrons. The number of aryl methyl sites for hydroxylation is 2. The zero-order chi connectivity index (χ0) is 13.8. The minimum atomic E-state index is 0.351. The number of nitrogens with zero attached hydrogens (tertiary/aromatic N) is 2. The second-order valence-corrected chi connectivity index (χ2v) is 5.34. The van der Waals surface area contributed by atoms with Crippen molar-refractivity contribution in [3.63, 3.8) is 0 Å². The fourth-order valence-electron chi connectivity index (χ4n) is 1.77. The van der Waals surface area contributed by atoms with E-state index in [1.807, 2.05) is 6.92 Å². The number of fused-ring (bicyclic) bond motifs is 1. The van der Waals surface area contributed by atoms with Crippen LogP contribution >= 0.6 is 11.3 Å². The highest BCUT2D eigenvalue weighted by atomic mass is 32.1. The maximum Gasteiger partial charge on any atom is 0.158 e. The Balaban J connectivity index is 2.27. The molecular formula is C12H18N4O2S. The van der Waals surface area contributed by atoms with Crippen LogP contribution < -0.4 is 11.3 Å². The largest absolute Gasteiger partial charge is 0.382 e. The van der Waals surface area contributed by atoms with Gasteiger partial charge in [-0.15, -0.1) is 11.3 Å². The third kappa shape index (κ3) is 3.01. The quantitative estimate of drug-likeness (QED) is 0.477. The zero-order valence-corrected chi connectivity index (χ0v) is 12.1. The average molecular weight is 282 g/mol. The van der Waals surface area contributed by atoms with E-state index in [-0.39, 0.29) is 0 Å². The van der Waals surface area contributed by atoms with Gasteiger partial charge in [-0.05, 0) is 19.4 Å².